The zero-order chi connectivity index (χ0) is 17.6. The van der Waals surface area contributed by atoms with Gasteiger partial charge >= 0.3 is 0 Å². The number of nitrogens with zero attached hydrogens (tertiary/aromatic N) is 1. The number of anilines is 1. The molecule has 4 nitrogen and oxygen atoms in total. The summed E-state index contributed by atoms with van der Waals surface area (Å²) in [4.78, 5) is 14.9. The maximum Gasteiger partial charge on any atom is 0.267 e. The molecule has 1 amide bonds. The molecular weight excluding hydrogens is 336 g/mol. The maximum atomic E-state index is 13.1. The molecule has 1 saturated heterocycles. The SMILES string of the molecule is CC(Oc1ccccc1)C(=O)N(C[C@H]1CCCN1)c1ccc(Cl)cc1. The number of halogens is 1. The minimum absolute atomic E-state index is 0.0557. The molecule has 0 aromatic heterocycles. The van der Waals surface area contributed by atoms with Crippen LogP contribution in [0.4, 0.5) is 5.69 Å². The first-order chi connectivity index (χ1) is 12.1. The minimum atomic E-state index is -0.570. The molecule has 3 rings (SSSR count). The highest BCUT2D eigenvalue weighted by molar-refractivity contribution is 6.30. The first kappa shape index (κ1) is 17.8. The predicted octanol–water partition coefficient (Wildman–Crippen LogP) is 3.89. The van der Waals surface area contributed by atoms with Crippen molar-refractivity contribution in [2.24, 2.45) is 0 Å². The third-order valence-corrected chi connectivity index (χ3v) is 4.63. The second kappa shape index (κ2) is 8.37. The largest absolute Gasteiger partial charge is 0.481 e. The Morgan fingerprint density at radius 3 is 2.60 bits per heavy atom. The molecule has 132 valence electrons. The van der Waals surface area contributed by atoms with Gasteiger partial charge < -0.3 is 15.0 Å². The van der Waals surface area contributed by atoms with E-state index in [2.05, 4.69) is 5.32 Å². The highest BCUT2D eigenvalue weighted by Crippen LogP contribution is 2.22. The standard InChI is InChI=1S/C20H23ClN2O2/c1-15(25-19-7-3-2-4-8-19)20(24)23(14-17-6-5-13-22-17)18-11-9-16(21)10-12-18/h2-4,7-12,15,17,22H,5-6,13-14H2,1H3/t15?,17-/m1/s1. The molecule has 1 aliphatic heterocycles. The Morgan fingerprint density at radius 1 is 1.24 bits per heavy atom. The third kappa shape index (κ3) is 4.74. The fraction of sp³-hybridized carbons (Fsp3) is 0.350. The Balaban J connectivity index is 1.76. The number of benzene rings is 2. The van der Waals surface area contributed by atoms with Gasteiger partial charge in [0, 0.05) is 23.3 Å². The summed E-state index contributed by atoms with van der Waals surface area (Å²) in [6.07, 6.45) is 1.65. The summed E-state index contributed by atoms with van der Waals surface area (Å²) in [5.74, 6) is 0.637. The number of amides is 1. The van der Waals surface area contributed by atoms with Gasteiger partial charge in [-0.15, -0.1) is 0 Å². The lowest BCUT2D eigenvalue weighted by Crippen LogP contribution is -2.46. The van der Waals surface area contributed by atoms with Crippen LogP contribution in [0.25, 0.3) is 0 Å². The highest BCUT2D eigenvalue weighted by Gasteiger charge is 2.27. The Bertz CT molecular complexity index is 685. The zero-order valence-corrected chi connectivity index (χ0v) is 15.1. The average Bonchev–Trinajstić information content (AvgIpc) is 3.14. The van der Waals surface area contributed by atoms with Gasteiger partial charge in [0.2, 0.25) is 0 Å². The molecule has 0 radical (unpaired) electrons. The summed E-state index contributed by atoms with van der Waals surface area (Å²) >= 11 is 6.00. The summed E-state index contributed by atoms with van der Waals surface area (Å²) in [5.41, 5.74) is 0.839. The van der Waals surface area contributed by atoms with Crippen molar-refractivity contribution in [2.45, 2.75) is 31.9 Å². The van der Waals surface area contributed by atoms with Crippen molar-refractivity contribution in [3.05, 3.63) is 59.6 Å². The van der Waals surface area contributed by atoms with Crippen molar-refractivity contribution in [3.63, 3.8) is 0 Å². The first-order valence-electron chi connectivity index (χ1n) is 8.65. The predicted molar refractivity (Wildman–Crippen MR) is 101 cm³/mol. The van der Waals surface area contributed by atoms with Crippen LogP contribution >= 0.6 is 11.6 Å². The number of nitrogens with one attached hydrogen (secondary N) is 1. The number of carbonyl (C=O) groups excluding carboxylic acids is 1. The van der Waals surface area contributed by atoms with E-state index in [0.29, 0.717) is 23.4 Å². The molecule has 5 heteroatoms. The van der Waals surface area contributed by atoms with E-state index in [-0.39, 0.29) is 5.91 Å². The molecule has 1 heterocycles. The molecule has 1 fully saturated rings. The van der Waals surface area contributed by atoms with Crippen molar-refractivity contribution in [1.82, 2.24) is 5.32 Å². The van der Waals surface area contributed by atoms with Gasteiger partial charge in [-0.05, 0) is 62.7 Å². The first-order valence-corrected chi connectivity index (χ1v) is 9.03. The van der Waals surface area contributed by atoms with Crippen LogP contribution in [0.5, 0.6) is 5.75 Å². The summed E-state index contributed by atoms with van der Waals surface area (Å²) in [6.45, 7) is 3.42. The van der Waals surface area contributed by atoms with Crippen LogP contribution in [-0.2, 0) is 4.79 Å². The van der Waals surface area contributed by atoms with Crippen LogP contribution in [0.15, 0.2) is 54.6 Å². The number of para-hydroxylation sites is 1. The lowest BCUT2D eigenvalue weighted by atomic mass is 10.1. The van der Waals surface area contributed by atoms with Gasteiger partial charge in [-0.2, -0.15) is 0 Å². The van der Waals surface area contributed by atoms with Gasteiger partial charge in [-0.1, -0.05) is 29.8 Å². The molecule has 0 aliphatic carbocycles. The third-order valence-electron chi connectivity index (χ3n) is 4.37. The van der Waals surface area contributed by atoms with Crippen LogP contribution in [0, 0.1) is 0 Å². The van der Waals surface area contributed by atoms with Crippen molar-refractivity contribution in [1.29, 1.82) is 0 Å². The van der Waals surface area contributed by atoms with Crippen molar-refractivity contribution in [3.8, 4) is 5.75 Å². The van der Waals surface area contributed by atoms with Gasteiger partial charge in [0.25, 0.3) is 5.91 Å². The van der Waals surface area contributed by atoms with Crippen molar-refractivity contribution < 1.29 is 9.53 Å². The normalized spacial score (nSPS) is 17.9. The van der Waals surface area contributed by atoms with Crippen molar-refractivity contribution in [2.75, 3.05) is 18.0 Å². The fourth-order valence-electron chi connectivity index (χ4n) is 3.05. The summed E-state index contributed by atoms with van der Waals surface area (Å²) in [6, 6.07) is 17.1. The Morgan fingerprint density at radius 2 is 1.96 bits per heavy atom. The van der Waals surface area contributed by atoms with Gasteiger partial charge in [-0.3, -0.25) is 4.79 Å². The molecule has 0 saturated carbocycles. The molecule has 1 unspecified atom stereocenters. The van der Waals surface area contributed by atoms with Gasteiger partial charge in [0.05, 0.1) is 0 Å². The molecule has 1 aliphatic rings. The molecule has 2 atom stereocenters. The minimum Gasteiger partial charge on any atom is -0.481 e. The average molecular weight is 359 g/mol. The number of ether oxygens (including phenoxy) is 1. The molecular formula is C20H23ClN2O2. The fourth-order valence-corrected chi connectivity index (χ4v) is 3.18. The van der Waals surface area contributed by atoms with E-state index >= 15 is 0 Å². The summed E-state index contributed by atoms with van der Waals surface area (Å²) in [5, 5.41) is 4.11. The van der Waals surface area contributed by atoms with E-state index < -0.39 is 6.10 Å². The molecule has 1 N–H and O–H groups in total. The monoisotopic (exact) mass is 358 g/mol. The molecule has 2 aromatic carbocycles. The van der Waals surface area contributed by atoms with Gasteiger partial charge in [0.15, 0.2) is 6.10 Å². The molecule has 0 bridgehead atoms. The summed E-state index contributed by atoms with van der Waals surface area (Å²) < 4.78 is 5.83. The van der Waals surface area contributed by atoms with E-state index in [9.17, 15) is 4.79 Å². The van der Waals surface area contributed by atoms with E-state index in [4.69, 9.17) is 16.3 Å². The van der Waals surface area contributed by atoms with Gasteiger partial charge in [-0.25, -0.2) is 0 Å². The van der Waals surface area contributed by atoms with E-state index in [0.717, 1.165) is 25.1 Å². The Labute approximate surface area is 153 Å². The molecule has 25 heavy (non-hydrogen) atoms. The van der Waals surface area contributed by atoms with Gasteiger partial charge in [0.1, 0.15) is 5.75 Å². The van der Waals surface area contributed by atoms with Crippen LogP contribution in [-0.4, -0.2) is 31.1 Å². The Hall–Kier alpha value is -2.04. The van der Waals surface area contributed by atoms with Crippen LogP contribution in [0.2, 0.25) is 5.02 Å². The van der Waals surface area contributed by atoms with Crippen LogP contribution < -0.4 is 15.0 Å². The van der Waals surface area contributed by atoms with E-state index in [1.54, 1.807) is 11.8 Å². The lowest BCUT2D eigenvalue weighted by Gasteiger charge is -2.28. The smallest absolute Gasteiger partial charge is 0.267 e. The second-order valence-electron chi connectivity index (χ2n) is 6.29. The molecule has 2 aromatic rings. The molecule has 0 spiro atoms. The quantitative estimate of drug-likeness (QED) is 0.851. The zero-order valence-electron chi connectivity index (χ0n) is 14.3. The van der Waals surface area contributed by atoms with E-state index in [1.807, 2.05) is 54.6 Å². The lowest BCUT2D eigenvalue weighted by molar-refractivity contribution is -0.124. The second-order valence-corrected chi connectivity index (χ2v) is 6.73. The maximum absolute atomic E-state index is 13.1. The topological polar surface area (TPSA) is 41.6 Å². The van der Waals surface area contributed by atoms with Crippen LogP contribution in [0.3, 0.4) is 0 Å². The highest BCUT2D eigenvalue weighted by atomic mass is 35.5. The number of carbonyl (C=O) groups is 1. The van der Waals surface area contributed by atoms with Crippen molar-refractivity contribution >= 4 is 23.2 Å². The Kier molecular flexibility index (Phi) is 5.95. The number of hydrogen-bond donors (Lipinski definition) is 1. The number of rotatable bonds is 6. The van der Waals surface area contributed by atoms with E-state index in [1.165, 1.54) is 0 Å². The number of hydrogen-bond acceptors (Lipinski definition) is 3. The summed E-state index contributed by atoms with van der Waals surface area (Å²) in [7, 11) is 0. The van der Waals surface area contributed by atoms with Crippen LogP contribution in [0.1, 0.15) is 19.8 Å².